The first-order chi connectivity index (χ1) is 15.4. The number of hydrogen-bond acceptors (Lipinski definition) is 7. The monoisotopic (exact) mass is 426 g/mol. The molecule has 0 radical (unpaired) electrons. The first-order valence-electron chi connectivity index (χ1n) is 9.30. The van der Waals surface area contributed by atoms with Crippen LogP contribution in [0, 0.1) is 21.4 Å². The third kappa shape index (κ3) is 4.12. The second-order valence-electron chi connectivity index (χ2n) is 6.73. The second-order valence-corrected chi connectivity index (χ2v) is 6.73. The third-order valence-corrected chi connectivity index (χ3v) is 4.64. The lowest BCUT2D eigenvalue weighted by molar-refractivity contribution is -0.384. The number of rotatable bonds is 5. The van der Waals surface area contributed by atoms with Gasteiger partial charge in [-0.1, -0.05) is 24.3 Å². The molecule has 0 aliphatic carbocycles. The highest BCUT2D eigenvalue weighted by atomic mass is 16.6. The highest BCUT2D eigenvalue weighted by molar-refractivity contribution is 5.77. The number of non-ortho nitro benzene ring substituents is 1. The van der Waals surface area contributed by atoms with Crippen LogP contribution in [0.3, 0.4) is 0 Å². The molecule has 10 heteroatoms. The van der Waals surface area contributed by atoms with Gasteiger partial charge in [0.05, 0.1) is 4.92 Å². The first kappa shape index (κ1) is 20.2. The summed E-state index contributed by atoms with van der Waals surface area (Å²) < 4.78 is 0. The Bertz CT molecular complexity index is 1480. The topological polar surface area (TPSA) is 158 Å². The quantitative estimate of drug-likeness (QED) is 0.326. The van der Waals surface area contributed by atoms with E-state index in [1.165, 1.54) is 30.3 Å². The van der Waals surface area contributed by atoms with E-state index in [0.717, 1.165) is 0 Å². The van der Waals surface area contributed by atoms with Crippen molar-refractivity contribution in [1.82, 2.24) is 15.2 Å². The van der Waals surface area contributed by atoms with Crippen LogP contribution in [0.1, 0.15) is 5.56 Å². The van der Waals surface area contributed by atoms with E-state index in [1.807, 2.05) is 6.07 Å². The first-order valence-corrected chi connectivity index (χ1v) is 9.30. The van der Waals surface area contributed by atoms with Crippen LogP contribution in [0.5, 0.6) is 0 Å². The van der Waals surface area contributed by atoms with Gasteiger partial charge in [0, 0.05) is 40.7 Å². The van der Waals surface area contributed by atoms with Crippen molar-refractivity contribution in [2.75, 3.05) is 5.32 Å². The van der Waals surface area contributed by atoms with E-state index in [2.05, 4.69) is 20.5 Å². The predicted octanol–water partition coefficient (Wildman–Crippen LogP) is 3.32. The maximum atomic E-state index is 12.6. The molecule has 0 atom stereocenters. The maximum Gasteiger partial charge on any atom is 0.270 e. The Balaban J connectivity index is 1.78. The summed E-state index contributed by atoms with van der Waals surface area (Å²) in [5, 5.41) is 29.9. The van der Waals surface area contributed by atoms with Gasteiger partial charge in [-0.05, 0) is 29.8 Å². The second kappa shape index (κ2) is 8.37. The van der Waals surface area contributed by atoms with Gasteiger partial charge in [0.25, 0.3) is 16.8 Å². The minimum absolute atomic E-state index is 0.138. The number of benzene rings is 2. The average Bonchev–Trinajstić information content (AvgIpc) is 2.80. The molecular formula is C22H14N6O4. The van der Waals surface area contributed by atoms with Crippen LogP contribution < -0.4 is 16.4 Å². The fourth-order valence-electron chi connectivity index (χ4n) is 3.17. The molecule has 3 N–H and O–H groups in total. The minimum Gasteiger partial charge on any atom is -0.339 e. The largest absolute Gasteiger partial charge is 0.339 e. The molecule has 0 fully saturated rings. The fraction of sp³-hybridized carbons (Fsp3) is 0. The maximum absolute atomic E-state index is 12.6. The SMILES string of the molecule is N#Cc1c(-c2cccc([N+](=O)[O-])c2)cc(-c2cccc(Nc3ccc(=O)[nH]n3)c2)[nH]c1=O. The normalized spacial score (nSPS) is 10.3. The van der Waals surface area contributed by atoms with Crippen LogP contribution in [-0.4, -0.2) is 20.1 Å². The van der Waals surface area contributed by atoms with Crippen molar-refractivity contribution in [2.24, 2.45) is 0 Å². The summed E-state index contributed by atoms with van der Waals surface area (Å²) in [6, 6.07) is 19.1. The number of nitriles is 1. The van der Waals surface area contributed by atoms with Gasteiger partial charge in [0.1, 0.15) is 11.6 Å². The zero-order valence-electron chi connectivity index (χ0n) is 16.3. The fourth-order valence-corrected chi connectivity index (χ4v) is 3.17. The van der Waals surface area contributed by atoms with Crippen LogP contribution in [0.2, 0.25) is 0 Å². The summed E-state index contributed by atoms with van der Waals surface area (Å²) in [6.45, 7) is 0. The Morgan fingerprint density at radius 2 is 1.78 bits per heavy atom. The molecule has 0 spiro atoms. The highest BCUT2D eigenvalue weighted by Gasteiger charge is 2.15. The van der Waals surface area contributed by atoms with E-state index in [1.54, 1.807) is 36.4 Å². The lowest BCUT2D eigenvalue weighted by Gasteiger charge is -2.10. The van der Waals surface area contributed by atoms with Gasteiger partial charge < -0.3 is 10.3 Å². The Kier molecular flexibility index (Phi) is 5.29. The number of hydrogen-bond donors (Lipinski definition) is 3. The molecule has 2 heterocycles. The molecule has 4 aromatic rings. The molecule has 0 aliphatic rings. The Morgan fingerprint density at radius 1 is 1.00 bits per heavy atom. The molecule has 4 rings (SSSR count). The molecule has 0 saturated heterocycles. The van der Waals surface area contributed by atoms with Crippen molar-refractivity contribution in [3.05, 3.63) is 103 Å². The number of aromatic nitrogens is 3. The van der Waals surface area contributed by atoms with E-state index in [0.29, 0.717) is 28.3 Å². The number of H-pyrrole nitrogens is 2. The molecule has 0 unspecified atom stereocenters. The number of nitro groups is 1. The van der Waals surface area contributed by atoms with Crippen LogP contribution >= 0.6 is 0 Å². The summed E-state index contributed by atoms with van der Waals surface area (Å²) in [5.41, 5.74) is 1.16. The summed E-state index contributed by atoms with van der Waals surface area (Å²) in [5.74, 6) is 0.423. The summed E-state index contributed by atoms with van der Waals surface area (Å²) >= 11 is 0. The number of nitro benzene ring substituents is 1. The van der Waals surface area contributed by atoms with Gasteiger partial charge in [0.2, 0.25) is 0 Å². The standard InChI is InChI=1S/C22H14N6O4/c23-12-18-17(13-3-2-6-16(10-13)28(31)32)11-19(25-22(18)30)14-4-1-5-15(9-14)24-20-7-8-21(29)27-26-20/h1-11H,(H,24,26)(H,25,30)(H,27,29). The molecule has 0 amide bonds. The number of anilines is 2. The molecule has 156 valence electrons. The lowest BCUT2D eigenvalue weighted by atomic mass is 9.98. The number of nitrogens with zero attached hydrogens (tertiary/aromatic N) is 3. The van der Waals surface area contributed by atoms with Crippen LogP contribution in [0.4, 0.5) is 17.2 Å². The van der Waals surface area contributed by atoms with Crippen molar-refractivity contribution in [1.29, 1.82) is 5.26 Å². The van der Waals surface area contributed by atoms with Gasteiger partial charge in [0.15, 0.2) is 5.82 Å². The zero-order chi connectivity index (χ0) is 22.7. The molecule has 32 heavy (non-hydrogen) atoms. The summed E-state index contributed by atoms with van der Waals surface area (Å²) in [7, 11) is 0. The van der Waals surface area contributed by atoms with Gasteiger partial charge in [-0.2, -0.15) is 10.4 Å². The molecule has 10 nitrogen and oxygen atoms in total. The number of pyridine rings is 1. The molecular weight excluding hydrogens is 412 g/mol. The van der Waals surface area contributed by atoms with E-state index >= 15 is 0 Å². The van der Waals surface area contributed by atoms with Crippen LogP contribution in [0.15, 0.2) is 76.3 Å². The zero-order valence-corrected chi connectivity index (χ0v) is 16.3. The van der Waals surface area contributed by atoms with Gasteiger partial charge >= 0.3 is 0 Å². The van der Waals surface area contributed by atoms with Crippen molar-refractivity contribution in [3.63, 3.8) is 0 Å². The van der Waals surface area contributed by atoms with Gasteiger partial charge in [-0.25, -0.2) is 5.10 Å². The minimum atomic E-state index is -0.604. The van der Waals surface area contributed by atoms with Crippen LogP contribution in [-0.2, 0) is 0 Å². The average molecular weight is 426 g/mol. The van der Waals surface area contributed by atoms with Crippen molar-refractivity contribution in [3.8, 4) is 28.5 Å². The van der Waals surface area contributed by atoms with E-state index < -0.39 is 10.5 Å². The van der Waals surface area contributed by atoms with Crippen molar-refractivity contribution < 1.29 is 4.92 Å². The Morgan fingerprint density at radius 3 is 2.50 bits per heavy atom. The number of nitrogens with one attached hydrogen (secondary N) is 3. The Hall–Kier alpha value is -5.04. The summed E-state index contributed by atoms with van der Waals surface area (Å²) in [6.07, 6.45) is 0. The molecule has 0 bridgehead atoms. The number of aromatic amines is 2. The van der Waals surface area contributed by atoms with E-state index in [4.69, 9.17) is 0 Å². The molecule has 0 saturated carbocycles. The Labute approximate surface area is 180 Å². The predicted molar refractivity (Wildman–Crippen MR) is 117 cm³/mol. The molecule has 0 aliphatic heterocycles. The van der Waals surface area contributed by atoms with Gasteiger partial charge in [-0.15, -0.1) is 0 Å². The van der Waals surface area contributed by atoms with E-state index in [-0.39, 0.29) is 22.4 Å². The lowest BCUT2D eigenvalue weighted by Crippen LogP contribution is -2.12. The van der Waals surface area contributed by atoms with Crippen molar-refractivity contribution in [2.45, 2.75) is 0 Å². The van der Waals surface area contributed by atoms with Crippen molar-refractivity contribution >= 4 is 17.2 Å². The third-order valence-electron chi connectivity index (χ3n) is 4.64. The van der Waals surface area contributed by atoms with Crippen LogP contribution in [0.25, 0.3) is 22.4 Å². The summed E-state index contributed by atoms with van der Waals surface area (Å²) in [4.78, 5) is 37.0. The smallest absolute Gasteiger partial charge is 0.270 e. The highest BCUT2D eigenvalue weighted by Crippen LogP contribution is 2.29. The molecule has 2 aromatic carbocycles. The van der Waals surface area contributed by atoms with E-state index in [9.17, 15) is 25.0 Å². The van der Waals surface area contributed by atoms with Gasteiger partial charge in [-0.3, -0.25) is 19.7 Å². The molecule has 2 aromatic heterocycles.